The maximum Gasteiger partial charge on any atom is 0.362 e. The molecule has 0 fully saturated rings. The summed E-state index contributed by atoms with van der Waals surface area (Å²) < 4.78 is 0.882. The highest BCUT2D eigenvalue weighted by Gasteiger charge is 2.07. The number of azo groups is 1. The monoisotopic (exact) mass is 437 g/mol. The Morgan fingerprint density at radius 1 is 0.857 bits per heavy atom. The highest BCUT2D eigenvalue weighted by atomic mass is 79.9. The Kier molecular flexibility index (Phi) is 6.29. The molecule has 0 aliphatic rings. The van der Waals surface area contributed by atoms with Crippen molar-refractivity contribution >= 4 is 39.2 Å². The molecule has 7 heteroatoms. The molecular weight excluding hydrogens is 422 g/mol. The second-order valence-electron chi connectivity index (χ2n) is 5.92. The zero-order chi connectivity index (χ0) is 19.9. The molecule has 0 spiro atoms. The summed E-state index contributed by atoms with van der Waals surface area (Å²) in [6.45, 7) is 1.94. The highest BCUT2D eigenvalue weighted by molar-refractivity contribution is 9.10. The van der Waals surface area contributed by atoms with Gasteiger partial charge in [0.05, 0.1) is 16.9 Å². The minimum atomic E-state index is -0.483. The zero-order valence-corrected chi connectivity index (χ0v) is 16.5. The van der Waals surface area contributed by atoms with E-state index in [1.165, 1.54) is 0 Å². The van der Waals surface area contributed by atoms with Gasteiger partial charge in [0.1, 0.15) is 0 Å². The lowest BCUT2D eigenvalue weighted by atomic mass is 10.2. The Bertz CT molecular complexity index is 999. The fourth-order valence-electron chi connectivity index (χ4n) is 2.20. The maximum absolute atomic E-state index is 12.0. The molecule has 140 valence electrons. The molecule has 0 bridgehead atoms. The van der Waals surface area contributed by atoms with Crippen molar-refractivity contribution in [2.75, 3.05) is 5.48 Å². The summed E-state index contributed by atoms with van der Waals surface area (Å²) in [7, 11) is 0. The minimum absolute atomic E-state index is 0.429. The number of rotatable bonds is 5. The van der Waals surface area contributed by atoms with Crippen molar-refractivity contribution < 1.29 is 14.4 Å². The van der Waals surface area contributed by atoms with Gasteiger partial charge in [0.25, 0.3) is 5.91 Å². The summed E-state index contributed by atoms with van der Waals surface area (Å²) in [6.07, 6.45) is 0. The number of hydrogen-bond donors (Lipinski definition) is 1. The molecule has 0 unspecified atom stereocenters. The molecule has 0 saturated heterocycles. The summed E-state index contributed by atoms with van der Waals surface area (Å²) in [5, 5.41) is 7.64. The van der Waals surface area contributed by atoms with Crippen LogP contribution in [0, 0.1) is 6.92 Å². The number of halogens is 1. The lowest BCUT2D eigenvalue weighted by Gasteiger charge is -2.07. The largest absolute Gasteiger partial charge is 0.362 e. The quantitative estimate of drug-likeness (QED) is 0.399. The van der Waals surface area contributed by atoms with Crippen LogP contribution < -0.4 is 5.48 Å². The number of nitrogens with zero attached hydrogens (tertiary/aromatic N) is 2. The standard InChI is InChI=1S/C21H16BrN3O3/c1-14-2-4-16(5-3-14)21(27)28-25-19-12-10-18(11-13-19)23-24-20(26)15-6-8-17(22)9-7-15/h2-13,25H,1H3. The van der Waals surface area contributed by atoms with Crippen molar-refractivity contribution in [3.05, 3.63) is 94.0 Å². The summed E-state index contributed by atoms with van der Waals surface area (Å²) in [5.74, 6) is -0.911. The molecule has 6 nitrogen and oxygen atoms in total. The molecule has 0 aromatic heterocycles. The van der Waals surface area contributed by atoms with Crippen LogP contribution in [0.5, 0.6) is 0 Å². The van der Waals surface area contributed by atoms with Crippen molar-refractivity contribution in [2.45, 2.75) is 6.92 Å². The van der Waals surface area contributed by atoms with Crippen molar-refractivity contribution in [1.82, 2.24) is 0 Å². The van der Waals surface area contributed by atoms with Crippen LogP contribution in [0.4, 0.5) is 11.4 Å². The van der Waals surface area contributed by atoms with Crippen molar-refractivity contribution in [2.24, 2.45) is 10.2 Å². The fourth-order valence-corrected chi connectivity index (χ4v) is 2.47. The van der Waals surface area contributed by atoms with Gasteiger partial charge in [0.15, 0.2) is 0 Å². The average molecular weight is 438 g/mol. The molecule has 3 aromatic carbocycles. The summed E-state index contributed by atoms with van der Waals surface area (Å²) in [5.41, 5.74) is 5.63. The Labute approximate surface area is 170 Å². The Balaban J connectivity index is 1.55. The van der Waals surface area contributed by atoms with Crippen LogP contribution in [-0.2, 0) is 4.84 Å². The first-order valence-corrected chi connectivity index (χ1v) is 9.16. The second kappa shape index (κ2) is 9.05. The third-order valence-corrected chi connectivity index (χ3v) is 4.29. The lowest BCUT2D eigenvalue weighted by Crippen LogP contribution is -2.10. The topological polar surface area (TPSA) is 80.1 Å². The van der Waals surface area contributed by atoms with E-state index in [0.29, 0.717) is 22.5 Å². The highest BCUT2D eigenvalue weighted by Crippen LogP contribution is 2.18. The summed E-state index contributed by atoms with van der Waals surface area (Å²) >= 11 is 3.31. The number of carbonyl (C=O) groups excluding carboxylic acids is 2. The van der Waals surface area contributed by atoms with Crippen molar-refractivity contribution in [3.63, 3.8) is 0 Å². The van der Waals surface area contributed by atoms with Gasteiger partial charge in [-0.05, 0) is 67.6 Å². The molecule has 0 aliphatic heterocycles. The first-order valence-electron chi connectivity index (χ1n) is 8.37. The van der Waals surface area contributed by atoms with E-state index in [-0.39, 0.29) is 0 Å². The SMILES string of the molecule is Cc1ccc(C(=O)ONc2ccc(N=NC(=O)c3ccc(Br)cc3)cc2)cc1. The van der Waals surface area contributed by atoms with E-state index in [4.69, 9.17) is 4.84 Å². The van der Waals surface area contributed by atoms with E-state index in [1.54, 1.807) is 60.7 Å². The van der Waals surface area contributed by atoms with Crippen molar-refractivity contribution in [1.29, 1.82) is 0 Å². The second-order valence-corrected chi connectivity index (χ2v) is 6.83. The summed E-state index contributed by atoms with van der Waals surface area (Å²) in [4.78, 5) is 29.0. The normalized spacial score (nSPS) is 10.6. The van der Waals surface area contributed by atoms with Crippen LogP contribution in [0.1, 0.15) is 26.3 Å². The van der Waals surface area contributed by atoms with Gasteiger partial charge < -0.3 is 4.84 Å². The third kappa shape index (κ3) is 5.34. The molecule has 1 amide bonds. The van der Waals surface area contributed by atoms with Crippen LogP contribution >= 0.6 is 15.9 Å². The number of anilines is 1. The van der Waals surface area contributed by atoms with Crippen LogP contribution in [-0.4, -0.2) is 11.9 Å². The van der Waals surface area contributed by atoms with Crippen molar-refractivity contribution in [3.8, 4) is 0 Å². The number of nitrogens with one attached hydrogen (secondary N) is 1. The van der Waals surface area contributed by atoms with Crippen LogP contribution in [0.3, 0.4) is 0 Å². The van der Waals surface area contributed by atoms with Gasteiger partial charge in [-0.25, -0.2) is 10.3 Å². The Morgan fingerprint density at radius 3 is 2.11 bits per heavy atom. The smallest absolute Gasteiger partial charge is 0.338 e. The predicted octanol–water partition coefficient (Wildman–Crippen LogP) is 5.87. The number of hydrogen-bond acceptors (Lipinski definition) is 5. The number of aryl methyl sites for hydroxylation is 1. The molecular formula is C21H16BrN3O3. The maximum atomic E-state index is 12.0. The van der Waals surface area contributed by atoms with Gasteiger partial charge in [-0.1, -0.05) is 33.6 Å². The molecule has 3 rings (SSSR count). The van der Waals surface area contributed by atoms with E-state index in [9.17, 15) is 9.59 Å². The lowest BCUT2D eigenvalue weighted by molar-refractivity contribution is 0.0596. The van der Waals surface area contributed by atoms with Gasteiger partial charge in [0.2, 0.25) is 0 Å². The van der Waals surface area contributed by atoms with Gasteiger partial charge in [-0.2, -0.15) is 0 Å². The Morgan fingerprint density at radius 2 is 1.46 bits per heavy atom. The molecule has 1 N–H and O–H groups in total. The van der Waals surface area contributed by atoms with Gasteiger partial charge in [-0.3, -0.25) is 4.79 Å². The molecule has 3 aromatic rings. The van der Waals surface area contributed by atoms with Gasteiger partial charge in [0, 0.05) is 10.0 Å². The average Bonchev–Trinajstić information content (AvgIpc) is 2.72. The zero-order valence-electron chi connectivity index (χ0n) is 14.9. The number of benzene rings is 3. The minimum Gasteiger partial charge on any atom is -0.338 e. The molecule has 28 heavy (non-hydrogen) atoms. The number of carbonyl (C=O) groups is 2. The summed E-state index contributed by atoms with van der Waals surface area (Å²) in [6, 6.07) is 20.6. The number of amides is 1. The van der Waals surface area contributed by atoms with Gasteiger partial charge >= 0.3 is 5.97 Å². The predicted molar refractivity (Wildman–Crippen MR) is 110 cm³/mol. The fraction of sp³-hybridized carbons (Fsp3) is 0.0476. The van der Waals surface area contributed by atoms with Gasteiger partial charge in [-0.15, -0.1) is 10.2 Å². The first-order chi connectivity index (χ1) is 13.5. The first kappa shape index (κ1) is 19.4. The molecule has 0 atom stereocenters. The molecule has 0 radical (unpaired) electrons. The van der Waals surface area contributed by atoms with Crippen LogP contribution in [0.15, 0.2) is 87.5 Å². The Hall–Kier alpha value is -3.32. The van der Waals surface area contributed by atoms with E-state index >= 15 is 0 Å². The van der Waals surface area contributed by atoms with Crippen LogP contribution in [0.2, 0.25) is 0 Å². The van der Waals surface area contributed by atoms with Crippen LogP contribution in [0.25, 0.3) is 0 Å². The van der Waals surface area contributed by atoms with E-state index in [1.807, 2.05) is 19.1 Å². The molecule has 0 heterocycles. The van der Waals surface area contributed by atoms with E-state index < -0.39 is 11.9 Å². The third-order valence-electron chi connectivity index (χ3n) is 3.76. The van der Waals surface area contributed by atoms with E-state index in [0.717, 1.165) is 10.0 Å². The molecule has 0 aliphatic carbocycles. The van der Waals surface area contributed by atoms with E-state index in [2.05, 4.69) is 31.6 Å². The molecule has 0 saturated carbocycles.